The zero-order valence-corrected chi connectivity index (χ0v) is 12.7. The van der Waals surface area contributed by atoms with Crippen molar-refractivity contribution in [1.29, 1.82) is 0 Å². The highest BCUT2D eigenvalue weighted by atomic mass is 79.9. The number of hydrogen-bond donors (Lipinski definition) is 1. The fourth-order valence-corrected chi connectivity index (χ4v) is 2.63. The monoisotopic (exact) mass is 306 g/mol. The molecule has 18 heavy (non-hydrogen) atoms. The van der Waals surface area contributed by atoms with Gasteiger partial charge in [0.25, 0.3) is 0 Å². The summed E-state index contributed by atoms with van der Waals surface area (Å²) >= 11 is 3.46. The van der Waals surface area contributed by atoms with Gasteiger partial charge >= 0.3 is 0 Å². The molecule has 1 unspecified atom stereocenters. The molecule has 1 aromatic heterocycles. The summed E-state index contributed by atoms with van der Waals surface area (Å²) in [5.74, 6) is 0.699. The van der Waals surface area contributed by atoms with E-state index in [9.17, 15) is 0 Å². The van der Waals surface area contributed by atoms with Crippen LogP contribution in [0.2, 0.25) is 0 Å². The van der Waals surface area contributed by atoms with Crippen LogP contribution in [0.1, 0.15) is 27.2 Å². The molecule has 2 nitrogen and oxygen atoms in total. The summed E-state index contributed by atoms with van der Waals surface area (Å²) in [5.41, 5.74) is 2.16. The highest BCUT2D eigenvalue weighted by Crippen LogP contribution is 2.25. The van der Waals surface area contributed by atoms with Gasteiger partial charge in [0.2, 0.25) is 0 Å². The van der Waals surface area contributed by atoms with Crippen molar-refractivity contribution < 1.29 is 0 Å². The number of para-hydroxylation sites is 1. The Hall–Kier alpha value is -1.09. The van der Waals surface area contributed by atoms with Crippen LogP contribution in [0.4, 0.5) is 5.69 Å². The molecule has 0 aliphatic heterocycles. The molecule has 2 aromatic rings. The number of hydrogen-bond acceptors (Lipinski definition) is 2. The van der Waals surface area contributed by atoms with Crippen LogP contribution >= 0.6 is 15.9 Å². The lowest BCUT2D eigenvalue weighted by molar-refractivity contribution is 0.540. The molecule has 0 bridgehead atoms. The second-order valence-corrected chi connectivity index (χ2v) is 6.12. The number of aromatic nitrogens is 1. The highest BCUT2D eigenvalue weighted by molar-refractivity contribution is 9.10. The van der Waals surface area contributed by atoms with Crippen LogP contribution in [-0.4, -0.2) is 11.0 Å². The van der Waals surface area contributed by atoms with E-state index in [1.54, 1.807) is 0 Å². The molecule has 2 rings (SSSR count). The lowest BCUT2D eigenvalue weighted by Gasteiger charge is -2.18. The van der Waals surface area contributed by atoms with Gasteiger partial charge in [-0.15, -0.1) is 0 Å². The molecule has 0 radical (unpaired) electrons. The second kappa shape index (κ2) is 5.70. The maximum Gasteiger partial charge on any atom is 0.0934 e. The summed E-state index contributed by atoms with van der Waals surface area (Å²) in [7, 11) is 0. The van der Waals surface area contributed by atoms with Crippen molar-refractivity contribution in [2.75, 3.05) is 5.32 Å². The first-order valence-electron chi connectivity index (χ1n) is 6.37. The van der Waals surface area contributed by atoms with Crippen molar-refractivity contribution in [3.8, 4) is 0 Å². The van der Waals surface area contributed by atoms with Crippen LogP contribution < -0.4 is 5.32 Å². The average molecular weight is 307 g/mol. The molecule has 0 fully saturated rings. The Labute approximate surface area is 117 Å². The summed E-state index contributed by atoms with van der Waals surface area (Å²) in [6.45, 7) is 6.71. The van der Waals surface area contributed by atoms with Crippen molar-refractivity contribution in [1.82, 2.24) is 4.98 Å². The number of anilines is 1. The predicted octanol–water partition coefficient (Wildman–Crippen LogP) is 4.84. The first-order valence-corrected chi connectivity index (χ1v) is 7.16. The van der Waals surface area contributed by atoms with Crippen molar-refractivity contribution in [2.24, 2.45) is 5.92 Å². The minimum Gasteiger partial charge on any atom is -0.381 e. The summed E-state index contributed by atoms with van der Waals surface area (Å²) in [6.07, 6.45) is 3.01. The van der Waals surface area contributed by atoms with Gasteiger partial charge in [0, 0.05) is 22.1 Å². The van der Waals surface area contributed by atoms with Crippen LogP contribution in [0.25, 0.3) is 10.9 Å². The molecule has 1 N–H and O–H groups in total. The molecular weight excluding hydrogens is 288 g/mol. The molecule has 0 aliphatic carbocycles. The Kier molecular flexibility index (Phi) is 4.23. The molecule has 3 heteroatoms. The van der Waals surface area contributed by atoms with Crippen LogP contribution in [0.15, 0.2) is 34.9 Å². The normalized spacial score (nSPS) is 12.9. The number of rotatable bonds is 4. The molecule has 1 atom stereocenters. The van der Waals surface area contributed by atoms with E-state index in [2.05, 4.69) is 71.3 Å². The predicted molar refractivity (Wildman–Crippen MR) is 82.0 cm³/mol. The third kappa shape index (κ3) is 3.22. The molecule has 0 aliphatic rings. The van der Waals surface area contributed by atoms with E-state index in [4.69, 9.17) is 0 Å². The largest absolute Gasteiger partial charge is 0.381 e. The average Bonchev–Trinajstić information content (AvgIpc) is 2.27. The van der Waals surface area contributed by atoms with Gasteiger partial charge in [-0.3, -0.25) is 4.98 Å². The maximum atomic E-state index is 4.50. The van der Waals surface area contributed by atoms with Gasteiger partial charge < -0.3 is 5.32 Å². The van der Waals surface area contributed by atoms with E-state index < -0.39 is 0 Å². The fraction of sp³-hybridized carbons (Fsp3) is 0.400. The van der Waals surface area contributed by atoms with E-state index in [-0.39, 0.29) is 0 Å². The number of fused-ring (bicyclic) bond motifs is 1. The van der Waals surface area contributed by atoms with Crippen molar-refractivity contribution in [3.05, 3.63) is 34.9 Å². The van der Waals surface area contributed by atoms with E-state index >= 15 is 0 Å². The second-order valence-electron chi connectivity index (χ2n) is 5.21. The minimum atomic E-state index is 0.459. The van der Waals surface area contributed by atoms with Crippen LogP contribution in [0.5, 0.6) is 0 Å². The van der Waals surface area contributed by atoms with Gasteiger partial charge in [-0.25, -0.2) is 0 Å². The zero-order chi connectivity index (χ0) is 13.1. The van der Waals surface area contributed by atoms with E-state index in [0.29, 0.717) is 12.0 Å². The maximum absolute atomic E-state index is 4.50. The molecule has 0 spiro atoms. The molecule has 0 saturated carbocycles. The number of benzene rings is 1. The molecule has 0 amide bonds. The number of halogens is 1. The van der Waals surface area contributed by atoms with Crippen molar-refractivity contribution in [3.63, 3.8) is 0 Å². The van der Waals surface area contributed by atoms with Gasteiger partial charge in [0.15, 0.2) is 0 Å². The van der Waals surface area contributed by atoms with Gasteiger partial charge in [-0.05, 0) is 47.3 Å². The van der Waals surface area contributed by atoms with Crippen LogP contribution in [0.3, 0.4) is 0 Å². The van der Waals surface area contributed by atoms with Gasteiger partial charge in [-0.1, -0.05) is 26.0 Å². The summed E-state index contributed by atoms with van der Waals surface area (Å²) in [6, 6.07) is 8.81. The summed E-state index contributed by atoms with van der Waals surface area (Å²) in [5, 5.41) is 4.72. The lowest BCUT2D eigenvalue weighted by Crippen LogP contribution is -2.17. The Morgan fingerprint density at radius 1 is 1.28 bits per heavy atom. The summed E-state index contributed by atoms with van der Waals surface area (Å²) in [4.78, 5) is 4.50. The molecule has 0 saturated heterocycles. The van der Waals surface area contributed by atoms with E-state index in [1.165, 1.54) is 0 Å². The topological polar surface area (TPSA) is 24.9 Å². The Morgan fingerprint density at radius 2 is 2.06 bits per heavy atom. The van der Waals surface area contributed by atoms with Gasteiger partial charge in [-0.2, -0.15) is 0 Å². The Morgan fingerprint density at radius 3 is 2.78 bits per heavy atom. The SMILES string of the molecule is CC(C)CC(C)Nc1cccc2cc(Br)cnc12. The quantitative estimate of drug-likeness (QED) is 0.874. The Balaban J connectivity index is 2.28. The van der Waals surface area contributed by atoms with Crippen molar-refractivity contribution in [2.45, 2.75) is 33.2 Å². The van der Waals surface area contributed by atoms with E-state index in [0.717, 1.165) is 27.5 Å². The zero-order valence-electron chi connectivity index (χ0n) is 11.1. The molecular formula is C15H19BrN2. The third-order valence-corrected chi connectivity index (χ3v) is 3.34. The highest BCUT2D eigenvalue weighted by Gasteiger charge is 2.08. The smallest absolute Gasteiger partial charge is 0.0934 e. The van der Waals surface area contributed by atoms with Gasteiger partial charge in [0.1, 0.15) is 0 Å². The molecule has 1 heterocycles. The third-order valence-electron chi connectivity index (χ3n) is 2.90. The number of pyridine rings is 1. The fourth-order valence-electron chi connectivity index (χ4n) is 2.28. The first kappa shape index (κ1) is 13.3. The Bertz CT molecular complexity index is 537. The van der Waals surface area contributed by atoms with Crippen LogP contribution in [-0.2, 0) is 0 Å². The molecule has 1 aromatic carbocycles. The number of nitrogens with one attached hydrogen (secondary N) is 1. The van der Waals surface area contributed by atoms with Crippen molar-refractivity contribution >= 4 is 32.5 Å². The van der Waals surface area contributed by atoms with Crippen LogP contribution in [0, 0.1) is 5.92 Å². The number of nitrogens with zero attached hydrogens (tertiary/aromatic N) is 1. The minimum absolute atomic E-state index is 0.459. The molecule has 96 valence electrons. The summed E-state index contributed by atoms with van der Waals surface area (Å²) < 4.78 is 1.02. The lowest BCUT2D eigenvalue weighted by atomic mass is 10.0. The van der Waals surface area contributed by atoms with E-state index in [1.807, 2.05) is 6.20 Å². The van der Waals surface area contributed by atoms with Gasteiger partial charge in [0.05, 0.1) is 11.2 Å². The standard InChI is InChI=1S/C15H19BrN2/c1-10(2)7-11(3)18-14-6-4-5-12-8-13(16)9-17-15(12)14/h4-6,8-11,18H,7H2,1-3H3. The first-order chi connectivity index (χ1) is 8.56.